The zero-order chi connectivity index (χ0) is 20.0. The molecule has 1 aromatic rings. The van der Waals surface area contributed by atoms with Gasteiger partial charge in [0.05, 0.1) is 12.2 Å². The molecule has 5 nitrogen and oxygen atoms in total. The highest BCUT2D eigenvalue weighted by Crippen LogP contribution is 2.26. The number of aromatic nitrogens is 1. The van der Waals surface area contributed by atoms with Gasteiger partial charge >= 0.3 is 0 Å². The predicted molar refractivity (Wildman–Crippen MR) is 120 cm³/mol. The van der Waals surface area contributed by atoms with Crippen molar-refractivity contribution in [2.24, 2.45) is 4.99 Å². The summed E-state index contributed by atoms with van der Waals surface area (Å²) in [4.78, 5) is 12.3. The monoisotopic (exact) mass is 405 g/mol. The topological polar surface area (TPSA) is 52.6 Å². The summed E-state index contributed by atoms with van der Waals surface area (Å²) in [5, 5.41) is 10.4. The molecular weight excluding hydrogens is 366 g/mol. The Morgan fingerprint density at radius 1 is 1.18 bits per heavy atom. The number of nitrogens with zero attached hydrogens (tertiary/aromatic N) is 3. The quantitative estimate of drug-likeness (QED) is 0.567. The van der Waals surface area contributed by atoms with E-state index in [1.807, 2.05) is 0 Å². The van der Waals surface area contributed by atoms with Gasteiger partial charge in [-0.25, -0.2) is 9.98 Å². The molecule has 158 valence electrons. The van der Waals surface area contributed by atoms with Gasteiger partial charge in [-0.15, -0.1) is 11.3 Å². The van der Waals surface area contributed by atoms with Gasteiger partial charge in [-0.05, 0) is 32.6 Å². The molecule has 2 N–H and O–H groups in total. The van der Waals surface area contributed by atoms with E-state index < -0.39 is 0 Å². The largest absolute Gasteiger partial charge is 0.357 e. The minimum absolute atomic E-state index is 0.105. The Hall–Kier alpha value is -1.14. The van der Waals surface area contributed by atoms with Gasteiger partial charge in [0.15, 0.2) is 5.96 Å². The second-order valence-corrected chi connectivity index (χ2v) is 10.3. The van der Waals surface area contributed by atoms with E-state index in [1.165, 1.54) is 58.0 Å². The molecule has 3 rings (SSSR count). The average molecular weight is 406 g/mol. The van der Waals surface area contributed by atoms with Crippen molar-refractivity contribution in [3.8, 4) is 0 Å². The Morgan fingerprint density at radius 2 is 1.89 bits per heavy atom. The summed E-state index contributed by atoms with van der Waals surface area (Å²) in [6.07, 6.45) is 9.53. The van der Waals surface area contributed by atoms with Crippen LogP contribution in [0.3, 0.4) is 0 Å². The molecule has 0 amide bonds. The van der Waals surface area contributed by atoms with Crippen LogP contribution in [-0.2, 0) is 12.0 Å². The van der Waals surface area contributed by atoms with Crippen molar-refractivity contribution >= 4 is 17.3 Å². The van der Waals surface area contributed by atoms with E-state index in [4.69, 9.17) is 9.98 Å². The second kappa shape index (κ2) is 10.1. The Morgan fingerprint density at radius 3 is 2.50 bits per heavy atom. The molecule has 1 saturated heterocycles. The summed E-state index contributed by atoms with van der Waals surface area (Å²) in [6, 6.07) is 1.37. The van der Waals surface area contributed by atoms with Gasteiger partial charge in [0, 0.05) is 42.5 Å². The molecule has 0 radical (unpaired) electrons. The third-order valence-electron chi connectivity index (χ3n) is 6.00. The van der Waals surface area contributed by atoms with Crippen LogP contribution < -0.4 is 10.6 Å². The van der Waals surface area contributed by atoms with E-state index in [2.05, 4.69) is 48.6 Å². The van der Waals surface area contributed by atoms with Gasteiger partial charge in [0.1, 0.15) is 5.01 Å². The number of aliphatic imine (C=N–C) groups is 1. The van der Waals surface area contributed by atoms with E-state index in [9.17, 15) is 0 Å². The SMILES string of the molecule is CCNC(=NCc1nc(C(C)(C)C)cs1)NC1CCN(C2CCCCC2)CC1. The van der Waals surface area contributed by atoms with Crippen LogP contribution in [0.5, 0.6) is 0 Å². The molecule has 1 aromatic heterocycles. The lowest BCUT2D eigenvalue weighted by Gasteiger charge is -2.39. The summed E-state index contributed by atoms with van der Waals surface area (Å²) in [5.74, 6) is 0.936. The molecule has 2 aliphatic rings. The van der Waals surface area contributed by atoms with E-state index >= 15 is 0 Å². The highest BCUT2D eigenvalue weighted by molar-refractivity contribution is 7.09. The summed E-state index contributed by atoms with van der Waals surface area (Å²) in [7, 11) is 0. The average Bonchev–Trinajstić information content (AvgIpc) is 3.17. The van der Waals surface area contributed by atoms with Crippen molar-refractivity contribution in [3.05, 3.63) is 16.1 Å². The number of nitrogens with one attached hydrogen (secondary N) is 2. The van der Waals surface area contributed by atoms with Gasteiger partial charge in [0.2, 0.25) is 0 Å². The second-order valence-electron chi connectivity index (χ2n) is 9.32. The summed E-state index contributed by atoms with van der Waals surface area (Å²) >= 11 is 1.72. The lowest BCUT2D eigenvalue weighted by molar-refractivity contribution is 0.119. The van der Waals surface area contributed by atoms with Crippen molar-refractivity contribution < 1.29 is 0 Å². The molecule has 2 heterocycles. The Bertz CT molecular complexity index is 619. The standard InChI is InChI=1S/C22H39N5S/c1-5-23-21(24-15-20-26-19(16-28-20)22(2,3)4)25-17-11-13-27(14-12-17)18-9-7-6-8-10-18/h16-18H,5-15H2,1-4H3,(H2,23,24,25). The fourth-order valence-electron chi connectivity index (χ4n) is 4.24. The summed E-state index contributed by atoms with van der Waals surface area (Å²) in [5.41, 5.74) is 1.27. The molecule has 28 heavy (non-hydrogen) atoms. The lowest BCUT2D eigenvalue weighted by atomic mass is 9.92. The molecule has 0 spiro atoms. The summed E-state index contributed by atoms with van der Waals surface area (Å²) < 4.78 is 0. The van der Waals surface area contributed by atoms with Crippen molar-refractivity contribution in [3.63, 3.8) is 0 Å². The van der Waals surface area contributed by atoms with Crippen LogP contribution in [0.2, 0.25) is 0 Å². The Labute approximate surface area is 175 Å². The maximum absolute atomic E-state index is 4.81. The highest BCUT2D eigenvalue weighted by atomic mass is 32.1. The molecule has 0 atom stereocenters. The van der Waals surface area contributed by atoms with Crippen molar-refractivity contribution in [2.75, 3.05) is 19.6 Å². The minimum atomic E-state index is 0.105. The number of piperidine rings is 1. The minimum Gasteiger partial charge on any atom is -0.357 e. The van der Waals surface area contributed by atoms with Crippen LogP contribution in [0.15, 0.2) is 10.4 Å². The molecular formula is C22H39N5S. The molecule has 6 heteroatoms. The van der Waals surface area contributed by atoms with E-state index in [0.717, 1.165) is 29.2 Å². The fraction of sp³-hybridized carbons (Fsp3) is 0.818. The third kappa shape index (κ3) is 6.18. The molecule has 0 unspecified atom stereocenters. The van der Waals surface area contributed by atoms with Crippen molar-refractivity contribution in [1.82, 2.24) is 20.5 Å². The number of likely N-dealkylation sites (tertiary alicyclic amines) is 1. The number of guanidine groups is 1. The normalized spacial score (nSPS) is 21.1. The van der Waals surface area contributed by atoms with Gasteiger partial charge in [-0.1, -0.05) is 40.0 Å². The number of hydrogen-bond acceptors (Lipinski definition) is 4. The zero-order valence-electron chi connectivity index (χ0n) is 18.3. The smallest absolute Gasteiger partial charge is 0.191 e. The van der Waals surface area contributed by atoms with Crippen LogP contribution in [0.4, 0.5) is 0 Å². The maximum Gasteiger partial charge on any atom is 0.191 e. The van der Waals surface area contributed by atoms with E-state index in [-0.39, 0.29) is 5.41 Å². The molecule has 2 fully saturated rings. The number of thiazole rings is 1. The molecule has 1 aliphatic carbocycles. The van der Waals surface area contributed by atoms with Gasteiger partial charge in [-0.3, -0.25) is 0 Å². The van der Waals surface area contributed by atoms with Gasteiger partial charge in [-0.2, -0.15) is 0 Å². The maximum atomic E-state index is 4.81. The van der Waals surface area contributed by atoms with E-state index in [1.54, 1.807) is 11.3 Å². The number of rotatable bonds is 5. The third-order valence-corrected chi connectivity index (χ3v) is 6.83. The molecule has 0 bridgehead atoms. The van der Waals surface area contributed by atoms with E-state index in [0.29, 0.717) is 12.6 Å². The first-order chi connectivity index (χ1) is 13.5. The highest BCUT2D eigenvalue weighted by Gasteiger charge is 2.26. The number of hydrogen-bond donors (Lipinski definition) is 2. The first-order valence-electron chi connectivity index (χ1n) is 11.2. The van der Waals surface area contributed by atoms with Gasteiger partial charge < -0.3 is 15.5 Å². The molecule has 1 aliphatic heterocycles. The first-order valence-corrected chi connectivity index (χ1v) is 12.1. The van der Waals surface area contributed by atoms with Crippen LogP contribution in [0.25, 0.3) is 0 Å². The van der Waals surface area contributed by atoms with Crippen LogP contribution in [-0.4, -0.2) is 47.6 Å². The molecule has 0 aromatic carbocycles. The summed E-state index contributed by atoms with van der Waals surface area (Å²) in [6.45, 7) is 12.7. The van der Waals surface area contributed by atoms with Crippen molar-refractivity contribution in [2.45, 2.75) is 96.7 Å². The predicted octanol–water partition coefficient (Wildman–Crippen LogP) is 4.29. The van der Waals surface area contributed by atoms with Gasteiger partial charge in [0.25, 0.3) is 0 Å². The Kier molecular flexibility index (Phi) is 7.75. The lowest BCUT2D eigenvalue weighted by Crippen LogP contribution is -2.50. The van der Waals surface area contributed by atoms with Crippen LogP contribution >= 0.6 is 11.3 Å². The first kappa shape index (κ1) is 21.6. The Balaban J connectivity index is 1.50. The molecule has 1 saturated carbocycles. The van der Waals surface area contributed by atoms with Crippen LogP contribution in [0, 0.1) is 0 Å². The van der Waals surface area contributed by atoms with Crippen LogP contribution in [0.1, 0.15) is 83.3 Å². The van der Waals surface area contributed by atoms with Crippen molar-refractivity contribution in [1.29, 1.82) is 0 Å². The fourth-order valence-corrected chi connectivity index (χ4v) is 5.19. The zero-order valence-corrected chi connectivity index (χ0v) is 19.1.